The Kier molecular flexibility index (Phi) is 5.29. The number of rotatable bonds is 6. The zero-order valence-electron chi connectivity index (χ0n) is 13.1. The molecule has 0 unspecified atom stereocenters. The number of carbonyl (C=O) groups is 1. The molecule has 0 saturated carbocycles. The molecule has 0 amide bonds. The minimum Gasteiger partial charge on any atom is -0.462 e. The van der Waals surface area contributed by atoms with Crippen LogP contribution in [0.25, 0.3) is 0 Å². The van der Waals surface area contributed by atoms with Crippen molar-refractivity contribution in [3.05, 3.63) is 88.7 Å². The Morgan fingerprint density at radius 3 is 2.54 bits per heavy atom. The summed E-state index contributed by atoms with van der Waals surface area (Å²) in [6.07, 6.45) is 3.90. The second-order valence-electron chi connectivity index (χ2n) is 5.42. The van der Waals surface area contributed by atoms with Crippen LogP contribution in [0.4, 0.5) is 0 Å². The van der Waals surface area contributed by atoms with Crippen molar-refractivity contribution in [2.24, 2.45) is 0 Å². The summed E-state index contributed by atoms with van der Waals surface area (Å²) in [7, 11) is 0. The second-order valence-corrected chi connectivity index (χ2v) is 5.86. The van der Waals surface area contributed by atoms with E-state index in [-0.39, 0.29) is 5.97 Å². The van der Waals surface area contributed by atoms with Crippen molar-refractivity contribution in [2.45, 2.75) is 13.0 Å². The predicted octanol–water partition coefficient (Wildman–Crippen LogP) is 3.98. The van der Waals surface area contributed by atoms with Gasteiger partial charge in [0.05, 0.1) is 24.9 Å². The van der Waals surface area contributed by atoms with E-state index >= 15 is 0 Å². The maximum atomic E-state index is 12.1. The summed E-state index contributed by atoms with van der Waals surface area (Å²) in [5.41, 5.74) is 2.66. The molecule has 3 aromatic rings. The van der Waals surface area contributed by atoms with Crippen LogP contribution in [0.5, 0.6) is 0 Å². The van der Waals surface area contributed by atoms with Gasteiger partial charge in [-0.15, -0.1) is 0 Å². The number of ether oxygens (including phenoxy) is 1. The zero-order valence-corrected chi connectivity index (χ0v) is 13.8. The fourth-order valence-electron chi connectivity index (χ4n) is 2.32. The summed E-state index contributed by atoms with van der Waals surface area (Å²) in [5, 5.41) is 4.91. The summed E-state index contributed by atoms with van der Waals surface area (Å²) in [4.78, 5) is 12.1. The lowest BCUT2D eigenvalue weighted by Crippen LogP contribution is -2.07. The second kappa shape index (κ2) is 7.79. The summed E-state index contributed by atoms with van der Waals surface area (Å²) < 4.78 is 7.03. The average Bonchev–Trinajstić information content (AvgIpc) is 3.06. The van der Waals surface area contributed by atoms with Gasteiger partial charge >= 0.3 is 5.97 Å². The van der Waals surface area contributed by atoms with Gasteiger partial charge in [0, 0.05) is 17.6 Å². The van der Waals surface area contributed by atoms with Crippen LogP contribution in [-0.4, -0.2) is 22.4 Å². The Hall–Kier alpha value is -2.59. The van der Waals surface area contributed by atoms with Gasteiger partial charge in [0.15, 0.2) is 0 Å². The number of esters is 1. The summed E-state index contributed by atoms with van der Waals surface area (Å²) >= 11 is 5.84. The summed E-state index contributed by atoms with van der Waals surface area (Å²) in [5.74, 6) is -0.358. The molecule has 0 atom stereocenters. The highest BCUT2D eigenvalue weighted by Gasteiger charge is 2.10. The van der Waals surface area contributed by atoms with Crippen molar-refractivity contribution in [1.29, 1.82) is 0 Å². The molecule has 2 aromatic carbocycles. The monoisotopic (exact) mass is 340 g/mol. The predicted molar refractivity (Wildman–Crippen MR) is 93.2 cm³/mol. The molecule has 122 valence electrons. The average molecular weight is 341 g/mol. The third-order valence-corrected chi connectivity index (χ3v) is 3.85. The first-order valence-corrected chi connectivity index (χ1v) is 8.06. The number of carbonyl (C=O) groups excluding carboxylic acids is 1. The first-order chi connectivity index (χ1) is 11.7. The van der Waals surface area contributed by atoms with Crippen LogP contribution in [0.2, 0.25) is 5.02 Å². The molecule has 0 bridgehead atoms. The number of hydrogen-bond donors (Lipinski definition) is 0. The van der Waals surface area contributed by atoms with E-state index in [2.05, 4.69) is 5.10 Å². The van der Waals surface area contributed by atoms with E-state index in [4.69, 9.17) is 16.3 Å². The van der Waals surface area contributed by atoms with Gasteiger partial charge < -0.3 is 4.74 Å². The smallest absolute Gasteiger partial charge is 0.341 e. The van der Waals surface area contributed by atoms with Crippen LogP contribution in [-0.2, 0) is 17.7 Å². The van der Waals surface area contributed by atoms with Gasteiger partial charge in [-0.2, -0.15) is 5.10 Å². The normalized spacial score (nSPS) is 10.5. The Balaban J connectivity index is 1.51. The highest BCUT2D eigenvalue weighted by atomic mass is 35.5. The van der Waals surface area contributed by atoms with E-state index in [9.17, 15) is 4.79 Å². The highest BCUT2D eigenvalue weighted by molar-refractivity contribution is 6.30. The summed E-state index contributed by atoms with van der Waals surface area (Å²) in [6.45, 7) is 0.948. The largest absolute Gasteiger partial charge is 0.462 e. The number of nitrogens with zero attached hydrogens (tertiary/aromatic N) is 2. The van der Waals surface area contributed by atoms with E-state index in [0.717, 1.165) is 11.1 Å². The Bertz CT molecular complexity index is 798. The van der Waals surface area contributed by atoms with Crippen molar-refractivity contribution in [1.82, 2.24) is 9.78 Å². The third kappa shape index (κ3) is 4.46. The molecule has 0 saturated heterocycles. The van der Waals surface area contributed by atoms with Gasteiger partial charge in [-0.05, 0) is 23.3 Å². The summed E-state index contributed by atoms with van der Waals surface area (Å²) in [6, 6.07) is 17.5. The fraction of sp³-hybridized carbons (Fsp3) is 0.158. The van der Waals surface area contributed by atoms with Crippen LogP contribution in [0, 0.1) is 0 Å². The van der Waals surface area contributed by atoms with Gasteiger partial charge in [-0.1, -0.05) is 54.1 Å². The van der Waals surface area contributed by atoms with Crippen molar-refractivity contribution >= 4 is 17.6 Å². The standard InChI is InChI=1S/C19H17ClN2O2/c20-18-8-6-15(7-9-18)10-11-24-19(23)17-12-21-22(14-17)13-16-4-2-1-3-5-16/h1-9,12,14H,10-11,13H2. The first kappa shape index (κ1) is 16.3. The van der Waals surface area contributed by atoms with Gasteiger partial charge in [0.25, 0.3) is 0 Å². The number of hydrogen-bond acceptors (Lipinski definition) is 3. The quantitative estimate of drug-likeness (QED) is 0.637. The molecular formula is C19H17ClN2O2. The lowest BCUT2D eigenvalue weighted by molar-refractivity contribution is 0.0509. The van der Waals surface area contributed by atoms with Crippen LogP contribution >= 0.6 is 11.6 Å². The minimum atomic E-state index is -0.358. The molecule has 4 nitrogen and oxygen atoms in total. The molecule has 0 N–H and O–H groups in total. The van der Waals surface area contributed by atoms with E-state index in [0.29, 0.717) is 30.2 Å². The fourth-order valence-corrected chi connectivity index (χ4v) is 2.45. The maximum Gasteiger partial charge on any atom is 0.341 e. The Morgan fingerprint density at radius 1 is 1.04 bits per heavy atom. The lowest BCUT2D eigenvalue weighted by Gasteiger charge is -2.04. The molecule has 0 aliphatic heterocycles. The van der Waals surface area contributed by atoms with Crippen molar-refractivity contribution in [3.8, 4) is 0 Å². The molecular weight excluding hydrogens is 324 g/mol. The molecule has 0 aliphatic carbocycles. The highest BCUT2D eigenvalue weighted by Crippen LogP contribution is 2.10. The SMILES string of the molecule is O=C(OCCc1ccc(Cl)cc1)c1cnn(Cc2ccccc2)c1. The van der Waals surface area contributed by atoms with Crippen molar-refractivity contribution < 1.29 is 9.53 Å². The van der Waals surface area contributed by atoms with Crippen LogP contribution in [0.1, 0.15) is 21.5 Å². The first-order valence-electron chi connectivity index (χ1n) is 7.69. The van der Waals surface area contributed by atoms with E-state index < -0.39 is 0 Å². The lowest BCUT2D eigenvalue weighted by atomic mass is 10.2. The number of benzene rings is 2. The molecule has 3 rings (SSSR count). The van der Waals surface area contributed by atoms with Gasteiger partial charge in [0.2, 0.25) is 0 Å². The molecule has 5 heteroatoms. The Labute approximate surface area is 145 Å². The molecule has 0 radical (unpaired) electrons. The van der Waals surface area contributed by atoms with Gasteiger partial charge in [-0.3, -0.25) is 4.68 Å². The molecule has 0 fully saturated rings. The molecule has 1 aromatic heterocycles. The van der Waals surface area contributed by atoms with Crippen LogP contribution < -0.4 is 0 Å². The molecule has 0 spiro atoms. The van der Waals surface area contributed by atoms with E-state index in [1.54, 1.807) is 10.9 Å². The van der Waals surface area contributed by atoms with E-state index in [1.807, 2.05) is 54.6 Å². The van der Waals surface area contributed by atoms with Crippen LogP contribution in [0.15, 0.2) is 67.0 Å². The van der Waals surface area contributed by atoms with Crippen molar-refractivity contribution in [3.63, 3.8) is 0 Å². The number of halogens is 1. The van der Waals surface area contributed by atoms with Crippen molar-refractivity contribution in [2.75, 3.05) is 6.61 Å². The molecule has 1 heterocycles. The maximum absolute atomic E-state index is 12.1. The van der Waals surface area contributed by atoms with Gasteiger partial charge in [0.1, 0.15) is 0 Å². The molecule has 24 heavy (non-hydrogen) atoms. The topological polar surface area (TPSA) is 44.1 Å². The Morgan fingerprint density at radius 2 is 1.79 bits per heavy atom. The molecule has 0 aliphatic rings. The van der Waals surface area contributed by atoms with E-state index in [1.165, 1.54) is 6.20 Å². The zero-order chi connectivity index (χ0) is 16.8. The number of aromatic nitrogens is 2. The van der Waals surface area contributed by atoms with Crippen LogP contribution in [0.3, 0.4) is 0 Å². The minimum absolute atomic E-state index is 0.324. The van der Waals surface area contributed by atoms with Gasteiger partial charge in [-0.25, -0.2) is 4.79 Å². The third-order valence-electron chi connectivity index (χ3n) is 3.59.